The van der Waals surface area contributed by atoms with Gasteiger partial charge in [0.05, 0.1) is 5.41 Å². The Kier molecular flexibility index (Phi) is 5.59. The van der Waals surface area contributed by atoms with Gasteiger partial charge in [-0.15, -0.1) is 0 Å². The molecule has 1 aromatic rings. The molecular formula is C23H35N3O2. The van der Waals surface area contributed by atoms with Gasteiger partial charge in [-0.3, -0.25) is 14.5 Å². The summed E-state index contributed by atoms with van der Waals surface area (Å²) >= 11 is 0. The summed E-state index contributed by atoms with van der Waals surface area (Å²) in [5, 5.41) is 2.72. The van der Waals surface area contributed by atoms with Crippen LogP contribution < -0.4 is 5.32 Å². The average molecular weight is 386 g/mol. The minimum atomic E-state index is -0.567. The second-order valence-corrected chi connectivity index (χ2v) is 9.68. The highest BCUT2D eigenvalue weighted by Gasteiger charge is 2.51. The highest BCUT2D eigenvalue weighted by molar-refractivity contribution is 5.84. The van der Waals surface area contributed by atoms with E-state index in [0.717, 1.165) is 32.2 Å². The molecule has 2 amide bonds. The summed E-state index contributed by atoms with van der Waals surface area (Å²) in [6.07, 6.45) is 4.83. The number of hydrogen-bond acceptors (Lipinski definition) is 3. The minimum Gasteiger partial charge on any atom is -0.359 e. The Morgan fingerprint density at radius 2 is 1.75 bits per heavy atom. The molecule has 1 aromatic carbocycles. The van der Waals surface area contributed by atoms with Gasteiger partial charge in [0.1, 0.15) is 0 Å². The maximum Gasteiger partial charge on any atom is 0.227 e. The fourth-order valence-electron chi connectivity index (χ4n) is 5.28. The summed E-state index contributed by atoms with van der Waals surface area (Å²) in [4.78, 5) is 29.2. The Labute approximate surface area is 169 Å². The number of amides is 2. The molecule has 0 radical (unpaired) electrons. The summed E-state index contributed by atoms with van der Waals surface area (Å²) in [5.74, 6) is 0.189. The first-order valence-corrected chi connectivity index (χ1v) is 10.4. The molecule has 0 atom stereocenters. The van der Waals surface area contributed by atoms with Crippen molar-refractivity contribution in [3.05, 3.63) is 35.9 Å². The third kappa shape index (κ3) is 3.69. The molecule has 1 N–H and O–H groups in total. The third-order valence-electron chi connectivity index (χ3n) is 7.14. The van der Waals surface area contributed by atoms with Crippen molar-refractivity contribution in [1.82, 2.24) is 15.1 Å². The Hall–Kier alpha value is -1.88. The summed E-state index contributed by atoms with van der Waals surface area (Å²) in [7, 11) is 5.99. The zero-order chi connectivity index (χ0) is 20.6. The fraction of sp³-hybridized carbons (Fsp3) is 0.652. The van der Waals surface area contributed by atoms with E-state index in [-0.39, 0.29) is 22.8 Å². The van der Waals surface area contributed by atoms with Crippen molar-refractivity contribution in [3.63, 3.8) is 0 Å². The first-order chi connectivity index (χ1) is 13.1. The van der Waals surface area contributed by atoms with Crippen molar-refractivity contribution in [1.29, 1.82) is 0 Å². The first kappa shape index (κ1) is 20.8. The van der Waals surface area contributed by atoms with E-state index in [2.05, 4.69) is 54.6 Å². The molecule has 28 heavy (non-hydrogen) atoms. The van der Waals surface area contributed by atoms with Gasteiger partial charge >= 0.3 is 0 Å². The van der Waals surface area contributed by atoms with Crippen LogP contribution in [0.3, 0.4) is 0 Å². The monoisotopic (exact) mass is 385 g/mol. The van der Waals surface area contributed by atoms with Crippen LogP contribution in [-0.2, 0) is 15.1 Å². The van der Waals surface area contributed by atoms with E-state index < -0.39 is 5.41 Å². The number of nitrogens with zero attached hydrogens (tertiary/aromatic N) is 2. The van der Waals surface area contributed by atoms with Crippen LogP contribution in [-0.4, -0.2) is 55.8 Å². The molecule has 1 spiro atoms. The Morgan fingerprint density at radius 1 is 1.14 bits per heavy atom. The van der Waals surface area contributed by atoms with E-state index in [0.29, 0.717) is 13.0 Å². The number of rotatable bonds is 5. The van der Waals surface area contributed by atoms with Gasteiger partial charge in [0.2, 0.25) is 11.8 Å². The second-order valence-electron chi connectivity index (χ2n) is 9.68. The summed E-state index contributed by atoms with van der Waals surface area (Å²) < 4.78 is 0. The van der Waals surface area contributed by atoms with Crippen LogP contribution in [0.15, 0.2) is 30.3 Å². The van der Waals surface area contributed by atoms with Crippen LogP contribution in [0.5, 0.6) is 0 Å². The first-order valence-electron chi connectivity index (χ1n) is 10.4. The normalized spacial score (nSPS) is 28.2. The van der Waals surface area contributed by atoms with E-state index in [4.69, 9.17) is 0 Å². The molecule has 5 heteroatoms. The van der Waals surface area contributed by atoms with Crippen molar-refractivity contribution < 1.29 is 9.59 Å². The molecule has 1 saturated carbocycles. The molecule has 154 valence electrons. The van der Waals surface area contributed by atoms with Crippen molar-refractivity contribution in [2.75, 3.05) is 34.2 Å². The molecule has 5 nitrogen and oxygen atoms in total. The molecule has 1 saturated heterocycles. The van der Waals surface area contributed by atoms with Crippen LogP contribution >= 0.6 is 0 Å². The second kappa shape index (κ2) is 7.51. The molecule has 1 heterocycles. The van der Waals surface area contributed by atoms with Crippen LogP contribution in [0, 0.1) is 10.8 Å². The lowest BCUT2D eigenvalue weighted by Crippen LogP contribution is -2.48. The highest BCUT2D eigenvalue weighted by Crippen LogP contribution is 2.52. The highest BCUT2D eigenvalue weighted by atomic mass is 16.2. The van der Waals surface area contributed by atoms with E-state index in [9.17, 15) is 9.59 Å². The van der Waals surface area contributed by atoms with Crippen LogP contribution in [0.4, 0.5) is 0 Å². The zero-order valence-electron chi connectivity index (χ0n) is 18.0. The predicted molar refractivity (Wildman–Crippen MR) is 112 cm³/mol. The van der Waals surface area contributed by atoms with E-state index in [1.165, 1.54) is 5.56 Å². The number of carbonyl (C=O) groups excluding carboxylic acids is 2. The van der Waals surface area contributed by atoms with Gasteiger partial charge in [-0.25, -0.2) is 0 Å². The molecule has 0 bridgehead atoms. The Morgan fingerprint density at radius 3 is 2.29 bits per heavy atom. The lowest BCUT2D eigenvalue weighted by molar-refractivity contribution is -0.134. The summed E-state index contributed by atoms with van der Waals surface area (Å²) in [6, 6.07) is 10.8. The van der Waals surface area contributed by atoms with E-state index >= 15 is 0 Å². The lowest BCUT2D eigenvalue weighted by Gasteiger charge is -2.49. The van der Waals surface area contributed by atoms with Gasteiger partial charge in [0.15, 0.2) is 0 Å². The van der Waals surface area contributed by atoms with Crippen molar-refractivity contribution in [2.45, 2.75) is 51.5 Å². The molecular weight excluding hydrogens is 350 g/mol. The van der Waals surface area contributed by atoms with Crippen LogP contribution in [0.1, 0.15) is 51.5 Å². The van der Waals surface area contributed by atoms with Crippen LogP contribution in [0.25, 0.3) is 0 Å². The van der Waals surface area contributed by atoms with E-state index in [1.807, 2.05) is 18.7 Å². The molecule has 2 aliphatic rings. The van der Waals surface area contributed by atoms with Gasteiger partial charge in [-0.05, 0) is 64.6 Å². The average Bonchev–Trinajstić information content (AvgIpc) is 2.96. The summed E-state index contributed by atoms with van der Waals surface area (Å²) in [6.45, 7) is 5.10. The van der Waals surface area contributed by atoms with Gasteiger partial charge in [-0.2, -0.15) is 0 Å². The Bertz CT molecular complexity index is 719. The number of benzene rings is 1. The summed E-state index contributed by atoms with van der Waals surface area (Å²) in [5.41, 5.74) is 0.910. The standard InChI is InChI=1S/C23H35N3O2/c1-21(2,20(28)24-3)16-26-17-22(15-19(26)27)11-13-23(14-12-22,25(4)5)18-9-7-6-8-10-18/h6-10H,11-17H2,1-5H3,(H,24,28)/t22-,23-. The maximum atomic E-state index is 12.8. The maximum absolute atomic E-state index is 12.8. The third-order valence-corrected chi connectivity index (χ3v) is 7.14. The quantitative estimate of drug-likeness (QED) is 0.848. The van der Waals surface area contributed by atoms with E-state index in [1.54, 1.807) is 7.05 Å². The molecule has 1 aliphatic heterocycles. The fourth-order valence-corrected chi connectivity index (χ4v) is 5.28. The number of carbonyl (C=O) groups is 2. The van der Waals surface area contributed by atoms with Gasteiger partial charge in [0.25, 0.3) is 0 Å². The van der Waals surface area contributed by atoms with Crippen LogP contribution in [0.2, 0.25) is 0 Å². The topological polar surface area (TPSA) is 52.7 Å². The molecule has 3 rings (SSSR count). The number of hydrogen-bond donors (Lipinski definition) is 1. The molecule has 1 aliphatic carbocycles. The molecule has 2 fully saturated rings. The van der Waals surface area contributed by atoms with Gasteiger partial charge in [-0.1, -0.05) is 30.3 Å². The lowest BCUT2D eigenvalue weighted by atomic mass is 9.64. The largest absolute Gasteiger partial charge is 0.359 e. The SMILES string of the molecule is CNC(=O)C(C)(C)CN1C[C@]2(CC[C@](c3ccccc3)(N(C)C)CC2)CC1=O. The van der Waals surface area contributed by atoms with Gasteiger partial charge < -0.3 is 10.2 Å². The molecule has 0 unspecified atom stereocenters. The van der Waals surface area contributed by atoms with Crippen molar-refractivity contribution >= 4 is 11.8 Å². The van der Waals surface area contributed by atoms with Crippen molar-refractivity contribution in [2.24, 2.45) is 10.8 Å². The smallest absolute Gasteiger partial charge is 0.227 e. The Balaban J connectivity index is 1.73. The predicted octanol–water partition coefficient (Wildman–Crippen LogP) is 3.01. The minimum absolute atomic E-state index is 0.0133. The van der Waals surface area contributed by atoms with Gasteiger partial charge in [0, 0.05) is 32.1 Å². The molecule has 0 aromatic heterocycles. The number of likely N-dealkylation sites (tertiary alicyclic amines) is 1. The zero-order valence-corrected chi connectivity index (χ0v) is 18.0. The van der Waals surface area contributed by atoms with Crippen molar-refractivity contribution in [3.8, 4) is 0 Å². The number of nitrogens with one attached hydrogen (secondary N) is 1.